The molecule has 3 aromatic rings. The molecule has 10 heteroatoms. The summed E-state index contributed by atoms with van der Waals surface area (Å²) in [6, 6.07) is 17.4. The first-order valence-electron chi connectivity index (χ1n) is 10.9. The van der Waals surface area contributed by atoms with E-state index in [4.69, 9.17) is 28.0 Å². The zero-order chi connectivity index (χ0) is 24.9. The molecule has 0 saturated carbocycles. The van der Waals surface area contributed by atoms with E-state index in [1.807, 2.05) is 31.2 Å². The molecular formula is C25H19Cl2N3O5. The fourth-order valence-corrected chi connectivity index (χ4v) is 4.84. The Labute approximate surface area is 210 Å². The van der Waals surface area contributed by atoms with Crippen molar-refractivity contribution in [2.24, 2.45) is 5.92 Å². The lowest BCUT2D eigenvalue weighted by Crippen LogP contribution is -2.37. The minimum atomic E-state index is -1.10. The van der Waals surface area contributed by atoms with Gasteiger partial charge in [0, 0.05) is 12.1 Å². The van der Waals surface area contributed by atoms with Crippen molar-refractivity contribution < 1.29 is 19.3 Å². The average molecular weight is 512 g/mol. The lowest BCUT2D eigenvalue weighted by molar-refractivity contribution is -0.384. The van der Waals surface area contributed by atoms with E-state index in [1.165, 1.54) is 35.4 Å². The summed E-state index contributed by atoms with van der Waals surface area (Å²) in [5, 5.41) is 13.3. The fourth-order valence-electron chi connectivity index (χ4n) is 4.55. The van der Waals surface area contributed by atoms with Crippen LogP contribution >= 0.6 is 23.2 Å². The Morgan fingerprint density at radius 1 is 0.943 bits per heavy atom. The van der Waals surface area contributed by atoms with E-state index >= 15 is 0 Å². The number of nitro benzene ring substituents is 1. The van der Waals surface area contributed by atoms with Gasteiger partial charge in [0.2, 0.25) is 5.91 Å². The highest BCUT2D eigenvalue weighted by molar-refractivity contribution is 6.42. The third-order valence-corrected chi connectivity index (χ3v) is 7.04. The van der Waals surface area contributed by atoms with Crippen LogP contribution in [0.5, 0.6) is 0 Å². The molecule has 2 fully saturated rings. The van der Waals surface area contributed by atoms with Gasteiger partial charge in [0.15, 0.2) is 6.10 Å². The first-order chi connectivity index (χ1) is 16.8. The largest absolute Gasteiger partial charge is 0.273 e. The topological polar surface area (TPSA) is 93.0 Å². The Kier molecular flexibility index (Phi) is 5.96. The number of benzene rings is 3. The number of nitro groups is 1. The number of nitrogens with zero attached hydrogens (tertiary/aromatic N) is 3. The van der Waals surface area contributed by atoms with E-state index in [9.17, 15) is 19.7 Å². The van der Waals surface area contributed by atoms with E-state index in [0.29, 0.717) is 16.4 Å². The number of anilines is 2. The number of hydrogen-bond donors (Lipinski definition) is 0. The SMILES string of the molecule is CCc1ccc([C@H]2[C@H]3C(=O)N(c4ccc(Cl)c(Cl)c4)C(=O)[C@H]3ON2c2cccc([N+](=O)[O-])c2)cc1. The lowest BCUT2D eigenvalue weighted by atomic mass is 9.90. The number of non-ortho nitro benzene ring substituents is 1. The molecule has 2 aliphatic heterocycles. The van der Waals surface area contributed by atoms with Gasteiger partial charge in [-0.1, -0.05) is 60.5 Å². The maximum absolute atomic E-state index is 13.7. The van der Waals surface area contributed by atoms with Crippen LogP contribution in [0.15, 0.2) is 66.7 Å². The number of carbonyl (C=O) groups is 2. The molecule has 0 aromatic heterocycles. The number of rotatable bonds is 5. The number of halogens is 2. The van der Waals surface area contributed by atoms with E-state index in [0.717, 1.165) is 22.4 Å². The van der Waals surface area contributed by atoms with Gasteiger partial charge in [-0.3, -0.25) is 24.5 Å². The zero-order valence-electron chi connectivity index (χ0n) is 18.4. The van der Waals surface area contributed by atoms with Gasteiger partial charge in [0.1, 0.15) is 5.92 Å². The third kappa shape index (κ3) is 3.93. The molecule has 8 nitrogen and oxygen atoms in total. The molecule has 2 amide bonds. The summed E-state index contributed by atoms with van der Waals surface area (Å²) >= 11 is 12.1. The third-order valence-electron chi connectivity index (χ3n) is 6.30. The van der Waals surface area contributed by atoms with Crippen molar-refractivity contribution in [3.63, 3.8) is 0 Å². The van der Waals surface area contributed by atoms with Gasteiger partial charge >= 0.3 is 0 Å². The Morgan fingerprint density at radius 2 is 1.69 bits per heavy atom. The summed E-state index contributed by atoms with van der Waals surface area (Å²) in [6.45, 7) is 2.04. The maximum atomic E-state index is 13.7. The monoisotopic (exact) mass is 511 g/mol. The van der Waals surface area contributed by atoms with Crippen molar-refractivity contribution in [3.8, 4) is 0 Å². The van der Waals surface area contributed by atoms with Crippen molar-refractivity contribution >= 4 is 52.1 Å². The molecule has 178 valence electrons. The summed E-state index contributed by atoms with van der Waals surface area (Å²) in [6.07, 6.45) is -0.267. The van der Waals surface area contributed by atoms with E-state index in [-0.39, 0.29) is 10.7 Å². The summed E-state index contributed by atoms with van der Waals surface area (Å²) in [5.74, 6) is -1.86. The predicted octanol–water partition coefficient (Wildman–Crippen LogP) is 5.52. The second kappa shape index (κ2) is 8.96. The van der Waals surface area contributed by atoms with Crippen molar-refractivity contribution in [2.45, 2.75) is 25.5 Å². The van der Waals surface area contributed by atoms with Crippen molar-refractivity contribution in [2.75, 3.05) is 9.96 Å². The molecule has 0 unspecified atom stereocenters. The number of hydroxylamine groups is 1. The standard InChI is InChI=1S/C25H19Cl2N3O5/c1-2-14-6-8-15(9-7-14)22-21-23(35-29(22)17-4-3-5-18(12-17)30(33)34)25(32)28(24(21)31)16-10-11-19(26)20(27)13-16/h3-13,21-23H,2H2,1H3/t21-,22+,23+/m1/s1. The molecule has 0 bridgehead atoms. The Hall–Kier alpha value is -3.46. The molecule has 5 rings (SSSR count). The van der Waals surface area contributed by atoms with E-state index in [2.05, 4.69) is 0 Å². The van der Waals surface area contributed by atoms with Crippen LogP contribution in [-0.2, 0) is 20.8 Å². The van der Waals surface area contributed by atoms with Crippen molar-refractivity contribution in [3.05, 3.63) is 98.0 Å². The van der Waals surface area contributed by atoms with Gasteiger partial charge in [0.05, 0.1) is 32.4 Å². The molecule has 2 aliphatic rings. The zero-order valence-corrected chi connectivity index (χ0v) is 19.9. The summed E-state index contributed by atoms with van der Waals surface area (Å²) < 4.78 is 0. The summed E-state index contributed by atoms with van der Waals surface area (Å²) in [7, 11) is 0. The van der Waals surface area contributed by atoms with Gasteiger partial charge in [-0.2, -0.15) is 0 Å². The average Bonchev–Trinajstić information content (AvgIpc) is 3.37. The molecule has 0 N–H and O–H groups in total. The smallest absolute Gasteiger partial charge is 0.271 e. The Morgan fingerprint density at radius 3 is 2.34 bits per heavy atom. The number of hydrogen-bond acceptors (Lipinski definition) is 6. The van der Waals surface area contributed by atoms with Crippen LogP contribution in [0.4, 0.5) is 17.1 Å². The van der Waals surface area contributed by atoms with Crippen LogP contribution in [0.1, 0.15) is 24.1 Å². The van der Waals surface area contributed by atoms with Crippen LogP contribution in [0.25, 0.3) is 0 Å². The van der Waals surface area contributed by atoms with Crippen LogP contribution in [-0.4, -0.2) is 22.8 Å². The number of carbonyl (C=O) groups excluding carboxylic acids is 2. The number of imide groups is 1. The van der Waals surface area contributed by atoms with Gasteiger partial charge in [-0.25, -0.2) is 9.96 Å². The van der Waals surface area contributed by atoms with Gasteiger partial charge in [-0.15, -0.1) is 0 Å². The summed E-state index contributed by atoms with van der Waals surface area (Å²) in [5.41, 5.74) is 2.41. The Bertz CT molecular complexity index is 1350. The quantitative estimate of drug-likeness (QED) is 0.254. The fraction of sp³-hybridized carbons (Fsp3) is 0.200. The normalized spacial score (nSPS) is 21.5. The number of amides is 2. The highest BCUT2D eigenvalue weighted by Gasteiger charge is 2.60. The molecule has 0 radical (unpaired) electrons. The van der Waals surface area contributed by atoms with Gasteiger partial charge in [0.25, 0.3) is 11.6 Å². The van der Waals surface area contributed by atoms with Crippen molar-refractivity contribution in [1.29, 1.82) is 0 Å². The van der Waals surface area contributed by atoms with Crippen LogP contribution in [0, 0.1) is 16.0 Å². The van der Waals surface area contributed by atoms with Gasteiger partial charge < -0.3 is 0 Å². The highest BCUT2D eigenvalue weighted by Crippen LogP contribution is 2.48. The molecule has 0 aliphatic carbocycles. The highest BCUT2D eigenvalue weighted by atomic mass is 35.5. The first kappa shape index (κ1) is 23.3. The second-order valence-electron chi connectivity index (χ2n) is 8.30. The molecule has 3 aromatic carbocycles. The van der Waals surface area contributed by atoms with Crippen LogP contribution < -0.4 is 9.96 Å². The molecule has 0 spiro atoms. The molecule has 2 saturated heterocycles. The maximum Gasteiger partial charge on any atom is 0.271 e. The minimum absolute atomic E-state index is 0.127. The molecule has 2 heterocycles. The van der Waals surface area contributed by atoms with Crippen molar-refractivity contribution in [1.82, 2.24) is 0 Å². The van der Waals surface area contributed by atoms with Crippen LogP contribution in [0.3, 0.4) is 0 Å². The Balaban J connectivity index is 1.59. The predicted molar refractivity (Wildman–Crippen MR) is 131 cm³/mol. The minimum Gasteiger partial charge on any atom is -0.273 e. The number of fused-ring (bicyclic) bond motifs is 1. The molecule has 35 heavy (non-hydrogen) atoms. The second-order valence-corrected chi connectivity index (χ2v) is 9.12. The lowest BCUT2D eigenvalue weighted by Gasteiger charge is -2.28. The van der Waals surface area contributed by atoms with Gasteiger partial charge in [-0.05, 0) is 41.8 Å². The van der Waals surface area contributed by atoms with Crippen LogP contribution in [0.2, 0.25) is 10.0 Å². The summed E-state index contributed by atoms with van der Waals surface area (Å²) in [4.78, 5) is 45.0. The molecular weight excluding hydrogens is 493 g/mol. The van der Waals surface area contributed by atoms with E-state index < -0.39 is 34.8 Å². The molecule has 3 atom stereocenters. The first-order valence-corrected chi connectivity index (χ1v) is 11.7. The van der Waals surface area contributed by atoms with E-state index in [1.54, 1.807) is 12.1 Å². The number of aryl methyl sites for hydroxylation is 1.